The molecule has 1 aliphatic heterocycles. The molecular weight excluding hydrogens is 270 g/mol. The van der Waals surface area contributed by atoms with E-state index in [1.54, 1.807) is 4.90 Å². The average Bonchev–Trinajstić information content (AvgIpc) is 2.41. The van der Waals surface area contributed by atoms with Crippen LogP contribution in [0.5, 0.6) is 0 Å². The van der Waals surface area contributed by atoms with E-state index in [-0.39, 0.29) is 6.09 Å². The van der Waals surface area contributed by atoms with Gasteiger partial charge in [0.15, 0.2) is 0 Å². The summed E-state index contributed by atoms with van der Waals surface area (Å²) in [6, 6.07) is 0. The van der Waals surface area contributed by atoms with Crippen LogP contribution in [0.4, 0.5) is 4.79 Å². The second kappa shape index (κ2) is 8.74. The van der Waals surface area contributed by atoms with Crippen LogP contribution >= 0.6 is 0 Å². The standard InChI is InChI=1S/C14H27N5O2/c1-14(2,3)21-13(20)19-9-5-12(6-10-19)11-16-7-4-8-17-18-15/h12,16H,4-11H2,1-3H3. The largest absolute Gasteiger partial charge is 0.444 e. The highest BCUT2D eigenvalue weighted by molar-refractivity contribution is 5.68. The van der Waals surface area contributed by atoms with Gasteiger partial charge in [-0.25, -0.2) is 4.79 Å². The van der Waals surface area contributed by atoms with Crippen molar-refractivity contribution in [1.82, 2.24) is 10.2 Å². The average molecular weight is 297 g/mol. The Hall–Kier alpha value is -1.46. The molecule has 1 rings (SSSR count). The van der Waals surface area contributed by atoms with Gasteiger partial charge in [0.05, 0.1) is 0 Å². The minimum absolute atomic E-state index is 0.205. The number of amides is 1. The Labute approximate surface area is 126 Å². The number of rotatable bonds is 6. The van der Waals surface area contributed by atoms with Gasteiger partial charge < -0.3 is 15.0 Å². The topological polar surface area (TPSA) is 90.3 Å². The van der Waals surface area contributed by atoms with Gasteiger partial charge in [-0.3, -0.25) is 0 Å². The highest BCUT2D eigenvalue weighted by Gasteiger charge is 2.26. The van der Waals surface area contributed by atoms with Crippen LogP contribution in [0.15, 0.2) is 5.11 Å². The van der Waals surface area contributed by atoms with Gasteiger partial charge in [0, 0.05) is 24.5 Å². The van der Waals surface area contributed by atoms with E-state index in [1.807, 2.05) is 20.8 Å². The third kappa shape index (κ3) is 7.78. The number of nitrogens with one attached hydrogen (secondary N) is 1. The number of carbonyl (C=O) groups is 1. The van der Waals surface area contributed by atoms with E-state index in [1.165, 1.54) is 0 Å². The van der Waals surface area contributed by atoms with Gasteiger partial charge in [0.1, 0.15) is 5.60 Å². The molecule has 1 saturated heterocycles. The minimum Gasteiger partial charge on any atom is -0.444 e. The van der Waals surface area contributed by atoms with Gasteiger partial charge in [-0.15, -0.1) is 0 Å². The molecule has 0 unspecified atom stereocenters. The molecule has 0 bridgehead atoms. The van der Waals surface area contributed by atoms with Crippen LogP contribution in [0.2, 0.25) is 0 Å². The number of carbonyl (C=O) groups excluding carboxylic acids is 1. The smallest absolute Gasteiger partial charge is 0.410 e. The zero-order chi connectivity index (χ0) is 15.7. The van der Waals surface area contributed by atoms with E-state index < -0.39 is 5.60 Å². The third-order valence-corrected chi connectivity index (χ3v) is 3.37. The highest BCUT2D eigenvalue weighted by atomic mass is 16.6. The summed E-state index contributed by atoms with van der Waals surface area (Å²) in [6.45, 7) is 9.55. The predicted octanol–water partition coefficient (Wildman–Crippen LogP) is 2.92. The number of piperidine rings is 1. The van der Waals surface area contributed by atoms with E-state index in [0.29, 0.717) is 12.5 Å². The Balaban J connectivity index is 2.14. The fourth-order valence-corrected chi connectivity index (χ4v) is 2.27. The molecule has 1 amide bonds. The Bertz CT molecular complexity index is 366. The quantitative estimate of drug-likeness (QED) is 0.354. The number of azide groups is 1. The van der Waals surface area contributed by atoms with Crippen molar-refractivity contribution in [2.75, 3.05) is 32.7 Å². The van der Waals surface area contributed by atoms with Crippen molar-refractivity contribution in [3.8, 4) is 0 Å². The van der Waals surface area contributed by atoms with Gasteiger partial charge >= 0.3 is 6.09 Å². The third-order valence-electron chi connectivity index (χ3n) is 3.37. The number of ether oxygens (including phenoxy) is 1. The van der Waals surface area contributed by atoms with Crippen molar-refractivity contribution in [3.05, 3.63) is 10.4 Å². The van der Waals surface area contributed by atoms with Crippen LogP contribution in [0.25, 0.3) is 10.4 Å². The molecule has 0 saturated carbocycles. The Morgan fingerprint density at radius 1 is 1.43 bits per heavy atom. The first-order chi connectivity index (χ1) is 9.92. The van der Waals surface area contributed by atoms with Crippen molar-refractivity contribution >= 4 is 6.09 Å². The van der Waals surface area contributed by atoms with Gasteiger partial charge in [-0.05, 0) is 64.6 Å². The summed E-state index contributed by atoms with van der Waals surface area (Å²) in [5, 5.41) is 6.88. The molecule has 1 N–H and O–H groups in total. The molecule has 7 heteroatoms. The molecule has 1 aliphatic rings. The van der Waals surface area contributed by atoms with Crippen LogP contribution in [-0.4, -0.2) is 49.3 Å². The Morgan fingerprint density at radius 2 is 2.10 bits per heavy atom. The predicted molar refractivity (Wildman–Crippen MR) is 82.0 cm³/mol. The monoisotopic (exact) mass is 297 g/mol. The zero-order valence-corrected chi connectivity index (χ0v) is 13.3. The number of nitrogens with zero attached hydrogens (tertiary/aromatic N) is 4. The molecule has 0 radical (unpaired) electrons. The first-order valence-electron chi connectivity index (χ1n) is 7.62. The van der Waals surface area contributed by atoms with Crippen molar-refractivity contribution < 1.29 is 9.53 Å². The molecule has 0 spiro atoms. The van der Waals surface area contributed by atoms with Crippen LogP contribution in [0.3, 0.4) is 0 Å². The lowest BCUT2D eigenvalue weighted by Gasteiger charge is -2.33. The summed E-state index contributed by atoms with van der Waals surface area (Å²) < 4.78 is 5.38. The second-order valence-corrected chi connectivity index (χ2v) is 6.42. The summed E-state index contributed by atoms with van der Waals surface area (Å²) in [6.07, 6.45) is 2.66. The summed E-state index contributed by atoms with van der Waals surface area (Å²) in [7, 11) is 0. The summed E-state index contributed by atoms with van der Waals surface area (Å²) in [4.78, 5) is 16.4. The lowest BCUT2D eigenvalue weighted by Crippen LogP contribution is -2.43. The Morgan fingerprint density at radius 3 is 2.67 bits per heavy atom. The van der Waals surface area contributed by atoms with Gasteiger partial charge in [0.2, 0.25) is 0 Å². The lowest BCUT2D eigenvalue weighted by molar-refractivity contribution is 0.0184. The minimum atomic E-state index is -0.429. The summed E-state index contributed by atoms with van der Waals surface area (Å²) in [5.41, 5.74) is 7.73. The van der Waals surface area contributed by atoms with Crippen molar-refractivity contribution in [2.24, 2.45) is 11.0 Å². The van der Waals surface area contributed by atoms with Crippen LogP contribution in [0, 0.1) is 5.92 Å². The molecule has 0 aliphatic carbocycles. The molecule has 120 valence electrons. The maximum Gasteiger partial charge on any atom is 0.410 e. The van der Waals surface area contributed by atoms with Crippen LogP contribution < -0.4 is 5.32 Å². The number of hydrogen-bond acceptors (Lipinski definition) is 4. The number of hydrogen-bond donors (Lipinski definition) is 1. The fraction of sp³-hybridized carbons (Fsp3) is 0.929. The lowest BCUT2D eigenvalue weighted by atomic mass is 9.97. The number of likely N-dealkylation sites (tertiary alicyclic amines) is 1. The SMILES string of the molecule is CC(C)(C)OC(=O)N1CCC(CNCCCN=[N+]=[N-])CC1. The van der Waals surface area contributed by atoms with E-state index in [9.17, 15) is 4.79 Å². The van der Waals surface area contributed by atoms with E-state index in [4.69, 9.17) is 10.3 Å². The normalized spacial score (nSPS) is 16.4. The maximum absolute atomic E-state index is 11.9. The second-order valence-electron chi connectivity index (χ2n) is 6.42. The van der Waals surface area contributed by atoms with E-state index in [2.05, 4.69) is 15.3 Å². The van der Waals surface area contributed by atoms with Crippen molar-refractivity contribution in [2.45, 2.75) is 45.6 Å². The van der Waals surface area contributed by atoms with Crippen LogP contribution in [0.1, 0.15) is 40.0 Å². The van der Waals surface area contributed by atoms with Crippen LogP contribution in [-0.2, 0) is 4.74 Å². The molecule has 0 atom stereocenters. The first-order valence-corrected chi connectivity index (χ1v) is 7.62. The summed E-state index contributed by atoms with van der Waals surface area (Å²) >= 11 is 0. The molecule has 1 fully saturated rings. The zero-order valence-electron chi connectivity index (χ0n) is 13.3. The first kappa shape index (κ1) is 17.6. The van der Waals surface area contributed by atoms with E-state index >= 15 is 0 Å². The molecular formula is C14H27N5O2. The maximum atomic E-state index is 11.9. The Kier molecular flexibility index (Phi) is 7.32. The molecule has 21 heavy (non-hydrogen) atoms. The molecule has 0 aromatic rings. The summed E-state index contributed by atoms with van der Waals surface area (Å²) in [5.74, 6) is 0.600. The fourth-order valence-electron chi connectivity index (χ4n) is 2.27. The van der Waals surface area contributed by atoms with Crippen molar-refractivity contribution in [1.29, 1.82) is 0 Å². The molecule has 0 aromatic carbocycles. The molecule has 7 nitrogen and oxygen atoms in total. The van der Waals surface area contributed by atoms with Gasteiger partial charge in [-0.1, -0.05) is 5.11 Å². The van der Waals surface area contributed by atoms with Gasteiger partial charge in [0.25, 0.3) is 0 Å². The highest BCUT2D eigenvalue weighted by Crippen LogP contribution is 2.19. The van der Waals surface area contributed by atoms with Gasteiger partial charge in [-0.2, -0.15) is 0 Å². The van der Waals surface area contributed by atoms with E-state index in [0.717, 1.165) is 45.4 Å². The molecule has 1 heterocycles. The molecule has 0 aromatic heterocycles. The van der Waals surface area contributed by atoms with Crippen molar-refractivity contribution in [3.63, 3.8) is 0 Å².